The molecule has 0 unspecified atom stereocenters. The van der Waals surface area contributed by atoms with Gasteiger partial charge in [-0.3, -0.25) is 0 Å². The molecule has 3 aromatic rings. The Balaban J connectivity index is 2.13. The number of ether oxygens (including phenoxy) is 1. The second-order valence-corrected chi connectivity index (χ2v) is 5.56. The third-order valence-electron chi connectivity index (χ3n) is 2.94. The van der Waals surface area contributed by atoms with Gasteiger partial charge in [0.1, 0.15) is 5.75 Å². The number of benzene rings is 1. The van der Waals surface area contributed by atoms with Crippen molar-refractivity contribution in [3.8, 4) is 11.8 Å². The van der Waals surface area contributed by atoms with Crippen LogP contribution in [-0.4, -0.2) is 19.9 Å². The summed E-state index contributed by atoms with van der Waals surface area (Å²) in [6, 6.07) is 4.56. The molecule has 0 bridgehead atoms. The summed E-state index contributed by atoms with van der Waals surface area (Å²) < 4.78 is 44.3. The van der Waals surface area contributed by atoms with E-state index in [1.807, 2.05) is 0 Å². The molecule has 0 atom stereocenters. The normalized spacial score (nSPS) is 11.7. The lowest BCUT2D eigenvalue weighted by atomic mass is 10.1. The molecule has 0 aliphatic heterocycles. The summed E-state index contributed by atoms with van der Waals surface area (Å²) in [5, 5.41) is 0.775. The number of hydrogen-bond donors (Lipinski definition) is 0. The molecule has 10 heteroatoms. The highest BCUT2D eigenvalue weighted by Gasteiger charge is 2.35. The molecule has 2 aromatic heterocycles. The van der Waals surface area contributed by atoms with E-state index in [0.29, 0.717) is 10.4 Å². The molecule has 0 saturated heterocycles. The molecule has 0 spiro atoms. The Morgan fingerprint density at radius 3 is 2.46 bits per heavy atom. The van der Waals surface area contributed by atoms with Gasteiger partial charge in [-0.2, -0.15) is 13.2 Å². The van der Waals surface area contributed by atoms with Gasteiger partial charge in [-0.1, -0.05) is 33.6 Å². The fraction of sp³-hybridized carbons (Fsp3) is 0.143. The summed E-state index contributed by atoms with van der Waals surface area (Å²) in [6.07, 6.45) is -1.95. The predicted octanol–water partition coefficient (Wildman–Crippen LogP) is 4.78. The molecule has 0 aliphatic rings. The fourth-order valence-electron chi connectivity index (χ4n) is 1.99. The highest BCUT2D eigenvalue weighted by Crippen LogP contribution is 2.34. The number of alkyl halides is 4. The maximum absolute atomic E-state index is 12.9. The summed E-state index contributed by atoms with van der Waals surface area (Å²) in [6.45, 7) is 0. The first kappa shape index (κ1) is 16.8. The Hall–Kier alpha value is -2.00. The predicted molar refractivity (Wildman–Crippen MR) is 84.3 cm³/mol. The van der Waals surface area contributed by atoms with E-state index in [4.69, 9.17) is 16.3 Å². The molecule has 5 nitrogen and oxygen atoms in total. The van der Waals surface area contributed by atoms with Gasteiger partial charge >= 0.3 is 12.2 Å². The van der Waals surface area contributed by atoms with E-state index in [-0.39, 0.29) is 28.3 Å². The van der Waals surface area contributed by atoms with Crippen LogP contribution >= 0.6 is 27.5 Å². The fourth-order valence-corrected chi connectivity index (χ4v) is 2.49. The van der Waals surface area contributed by atoms with E-state index in [0.717, 1.165) is 0 Å². The quantitative estimate of drug-likeness (QED) is 0.572. The minimum Gasteiger partial charge on any atom is -0.424 e. The molecule has 0 fully saturated rings. The summed E-state index contributed by atoms with van der Waals surface area (Å²) >= 11 is 8.85. The van der Waals surface area contributed by atoms with Crippen molar-refractivity contribution in [2.45, 2.75) is 11.5 Å². The molecule has 0 amide bonds. The van der Waals surface area contributed by atoms with Crippen molar-refractivity contribution in [3.05, 3.63) is 47.1 Å². The van der Waals surface area contributed by atoms with Gasteiger partial charge in [0.2, 0.25) is 5.82 Å². The molecule has 0 N–H and O–H groups in total. The zero-order valence-electron chi connectivity index (χ0n) is 11.7. The number of halogens is 5. The van der Waals surface area contributed by atoms with Crippen molar-refractivity contribution < 1.29 is 17.9 Å². The smallest absolute Gasteiger partial charge is 0.424 e. The van der Waals surface area contributed by atoms with Crippen LogP contribution in [0.15, 0.2) is 30.6 Å². The molecule has 0 radical (unpaired) electrons. The molecule has 124 valence electrons. The van der Waals surface area contributed by atoms with E-state index >= 15 is 0 Å². The summed E-state index contributed by atoms with van der Waals surface area (Å²) in [7, 11) is 0. The molecule has 24 heavy (non-hydrogen) atoms. The first-order chi connectivity index (χ1) is 11.4. The maximum Gasteiger partial charge on any atom is 0.451 e. The van der Waals surface area contributed by atoms with Crippen LogP contribution in [0.5, 0.6) is 11.8 Å². The van der Waals surface area contributed by atoms with Crippen molar-refractivity contribution in [2.75, 3.05) is 0 Å². The van der Waals surface area contributed by atoms with Gasteiger partial charge in [-0.05, 0) is 12.1 Å². The van der Waals surface area contributed by atoms with Crippen molar-refractivity contribution in [1.29, 1.82) is 0 Å². The van der Waals surface area contributed by atoms with Crippen molar-refractivity contribution >= 4 is 38.4 Å². The maximum atomic E-state index is 12.9. The molecule has 1 aromatic carbocycles. The first-order valence-electron chi connectivity index (χ1n) is 6.46. The Bertz CT molecular complexity index is 890. The lowest BCUT2D eigenvalue weighted by molar-refractivity contribution is -0.144. The van der Waals surface area contributed by atoms with Crippen LogP contribution in [0.1, 0.15) is 11.5 Å². The lowest BCUT2D eigenvalue weighted by Crippen LogP contribution is -2.12. The van der Waals surface area contributed by atoms with E-state index in [1.54, 1.807) is 6.07 Å². The Kier molecular flexibility index (Phi) is 4.55. The lowest BCUT2D eigenvalue weighted by Gasteiger charge is -2.12. The van der Waals surface area contributed by atoms with Crippen LogP contribution in [0.3, 0.4) is 0 Å². The van der Waals surface area contributed by atoms with E-state index in [2.05, 4.69) is 35.9 Å². The van der Waals surface area contributed by atoms with Gasteiger partial charge in [0.15, 0.2) is 0 Å². The third kappa shape index (κ3) is 3.41. The van der Waals surface area contributed by atoms with Gasteiger partial charge in [0, 0.05) is 5.33 Å². The topological polar surface area (TPSA) is 60.8 Å². The average molecular weight is 420 g/mol. The number of fused-ring (bicyclic) bond motifs is 1. The van der Waals surface area contributed by atoms with E-state index < -0.39 is 12.0 Å². The number of rotatable bonds is 3. The highest BCUT2D eigenvalue weighted by atomic mass is 79.9. The van der Waals surface area contributed by atoms with Gasteiger partial charge in [0.05, 0.1) is 34.0 Å². The molecule has 3 rings (SSSR count). The van der Waals surface area contributed by atoms with Crippen LogP contribution < -0.4 is 4.74 Å². The summed E-state index contributed by atoms with van der Waals surface area (Å²) in [5.41, 5.74) is 0.259. The minimum atomic E-state index is -4.64. The summed E-state index contributed by atoms with van der Waals surface area (Å²) in [4.78, 5) is 14.9. The van der Waals surface area contributed by atoms with Crippen LogP contribution in [0.4, 0.5) is 13.2 Å². The zero-order chi connectivity index (χ0) is 17.3. The van der Waals surface area contributed by atoms with Crippen molar-refractivity contribution in [2.24, 2.45) is 0 Å². The van der Waals surface area contributed by atoms with E-state index in [1.165, 1.54) is 24.5 Å². The number of nitrogens with zero attached hydrogens (tertiary/aromatic N) is 4. The molecule has 0 saturated carbocycles. The van der Waals surface area contributed by atoms with Crippen molar-refractivity contribution in [1.82, 2.24) is 19.9 Å². The largest absolute Gasteiger partial charge is 0.451 e. The highest BCUT2D eigenvalue weighted by molar-refractivity contribution is 9.08. The minimum absolute atomic E-state index is 0.00678. The first-order valence-corrected chi connectivity index (χ1v) is 7.96. The second-order valence-electron chi connectivity index (χ2n) is 4.56. The Morgan fingerprint density at radius 1 is 1.12 bits per heavy atom. The van der Waals surface area contributed by atoms with Gasteiger partial charge in [-0.15, -0.1) is 0 Å². The number of aromatic nitrogens is 4. The molecule has 2 heterocycles. The summed E-state index contributed by atoms with van der Waals surface area (Å²) in [5.74, 6) is -0.956. The van der Waals surface area contributed by atoms with Gasteiger partial charge in [-0.25, -0.2) is 19.9 Å². The molecular formula is C14H7BrClF3N4O. The van der Waals surface area contributed by atoms with Gasteiger partial charge in [0.25, 0.3) is 0 Å². The van der Waals surface area contributed by atoms with Crippen LogP contribution in [0.2, 0.25) is 5.02 Å². The Labute approximate surface area is 147 Å². The zero-order valence-corrected chi connectivity index (χ0v) is 14.0. The van der Waals surface area contributed by atoms with Gasteiger partial charge < -0.3 is 4.74 Å². The molecular weight excluding hydrogens is 413 g/mol. The standard InChI is InChI=1S/C14H7BrClF3N4O/c15-4-9-11-8(22-12(23-9)14(17,18)19)2-1-3-10(11)24-13-20-5-7(16)6-21-13/h1-3,5-6H,4H2. The SMILES string of the molecule is FC(F)(F)c1nc(CBr)c2c(Oc3ncc(Cl)cn3)cccc2n1. The third-order valence-corrected chi connectivity index (χ3v) is 3.66. The van der Waals surface area contributed by atoms with Crippen molar-refractivity contribution in [3.63, 3.8) is 0 Å². The molecule has 0 aliphatic carbocycles. The van der Waals surface area contributed by atoms with Crippen LogP contribution in [0.25, 0.3) is 10.9 Å². The average Bonchev–Trinajstić information content (AvgIpc) is 2.55. The number of hydrogen-bond acceptors (Lipinski definition) is 5. The monoisotopic (exact) mass is 418 g/mol. The second kappa shape index (κ2) is 6.48. The van der Waals surface area contributed by atoms with Crippen LogP contribution in [0, 0.1) is 0 Å². The van der Waals surface area contributed by atoms with E-state index in [9.17, 15) is 13.2 Å². The van der Waals surface area contributed by atoms with Crippen LogP contribution in [-0.2, 0) is 11.5 Å². The Morgan fingerprint density at radius 2 is 1.83 bits per heavy atom.